The van der Waals surface area contributed by atoms with E-state index < -0.39 is 0 Å². The van der Waals surface area contributed by atoms with E-state index in [4.69, 9.17) is 4.99 Å². The largest absolute Gasteiger partial charge is 0.370 e. The summed E-state index contributed by atoms with van der Waals surface area (Å²) in [5.41, 5.74) is 7.25. The lowest BCUT2D eigenvalue weighted by molar-refractivity contribution is 1.11. The summed E-state index contributed by atoms with van der Waals surface area (Å²) in [5, 5.41) is 12.8. The van der Waals surface area contributed by atoms with Crippen molar-refractivity contribution in [3.05, 3.63) is 115 Å². The van der Waals surface area contributed by atoms with Crippen LogP contribution in [0.5, 0.6) is 0 Å². The molecule has 1 aliphatic carbocycles. The van der Waals surface area contributed by atoms with Crippen molar-refractivity contribution in [1.29, 1.82) is 0 Å². The van der Waals surface area contributed by atoms with Crippen LogP contribution in [0.3, 0.4) is 0 Å². The van der Waals surface area contributed by atoms with Crippen molar-refractivity contribution < 1.29 is 0 Å². The van der Waals surface area contributed by atoms with E-state index in [9.17, 15) is 0 Å². The van der Waals surface area contributed by atoms with Crippen molar-refractivity contribution in [1.82, 2.24) is 4.40 Å². The highest BCUT2D eigenvalue weighted by atomic mass is 32.1. The molecule has 0 spiro atoms. The first-order valence-corrected chi connectivity index (χ1v) is 14.5. The van der Waals surface area contributed by atoms with Crippen molar-refractivity contribution in [2.24, 2.45) is 4.99 Å². The second kappa shape index (κ2) is 7.38. The Morgan fingerprint density at radius 2 is 1.52 bits per heavy atom. The Balaban J connectivity index is 1.30. The van der Waals surface area contributed by atoms with Crippen molar-refractivity contribution in [3.8, 4) is 11.1 Å². The molecule has 4 heterocycles. The molecule has 4 heteroatoms. The summed E-state index contributed by atoms with van der Waals surface area (Å²) in [6.45, 7) is 0. The lowest BCUT2D eigenvalue weighted by atomic mass is 9.97. The molecule has 186 valence electrons. The highest BCUT2D eigenvalue weighted by molar-refractivity contribution is 7.26. The summed E-state index contributed by atoms with van der Waals surface area (Å²) < 4.78 is 5.05. The molecule has 0 bridgehead atoms. The number of hydrogen-bond acceptors (Lipinski definition) is 3. The van der Waals surface area contributed by atoms with Gasteiger partial charge in [-0.25, -0.2) is 4.99 Å². The number of nitrogens with zero attached hydrogens (tertiary/aromatic N) is 2. The zero-order chi connectivity index (χ0) is 25.9. The fourth-order valence-corrected chi connectivity index (χ4v) is 8.18. The number of para-hydroxylation sites is 1. The zero-order valence-corrected chi connectivity index (χ0v) is 22.2. The second-order valence-corrected chi connectivity index (χ2v) is 11.9. The third-order valence-corrected chi connectivity index (χ3v) is 9.92. The van der Waals surface area contributed by atoms with Gasteiger partial charge in [0.1, 0.15) is 0 Å². The van der Waals surface area contributed by atoms with Crippen molar-refractivity contribution in [3.63, 3.8) is 0 Å². The van der Waals surface area contributed by atoms with E-state index in [0.29, 0.717) is 0 Å². The average molecular weight is 528 g/mol. The SMILES string of the molecule is C1=CC2=Nc3c(c4cccc5c6ccc7c8cc(-c9cccc%10ccccc9%10)ccc8sc7c6n3c45)NC2C=C1. The van der Waals surface area contributed by atoms with Crippen LogP contribution in [-0.4, -0.2) is 16.2 Å². The molecule has 40 heavy (non-hydrogen) atoms. The number of hydrogen-bond donors (Lipinski definition) is 1. The molecule has 8 aromatic rings. The Morgan fingerprint density at radius 1 is 0.700 bits per heavy atom. The van der Waals surface area contributed by atoms with Gasteiger partial charge in [0, 0.05) is 31.6 Å². The smallest absolute Gasteiger partial charge is 0.162 e. The normalized spacial score (nSPS) is 16.4. The number of rotatable bonds is 1. The third kappa shape index (κ3) is 2.57. The summed E-state index contributed by atoms with van der Waals surface area (Å²) in [6.07, 6.45) is 8.48. The minimum atomic E-state index is 0.117. The van der Waals surface area contributed by atoms with Gasteiger partial charge >= 0.3 is 0 Å². The van der Waals surface area contributed by atoms with Gasteiger partial charge in [-0.3, -0.25) is 4.40 Å². The fraction of sp³-hybridized carbons (Fsp3) is 0.0278. The summed E-state index contributed by atoms with van der Waals surface area (Å²) in [6, 6.07) is 33.6. The molecule has 3 nitrogen and oxygen atoms in total. The van der Waals surface area contributed by atoms with Crippen LogP contribution in [0.4, 0.5) is 11.5 Å². The predicted molar refractivity (Wildman–Crippen MR) is 172 cm³/mol. The van der Waals surface area contributed by atoms with Crippen molar-refractivity contribution in [2.75, 3.05) is 5.32 Å². The first kappa shape index (κ1) is 21.0. The molecule has 2 aliphatic rings. The van der Waals surface area contributed by atoms with Gasteiger partial charge < -0.3 is 5.32 Å². The zero-order valence-electron chi connectivity index (χ0n) is 21.3. The van der Waals surface area contributed by atoms with E-state index in [1.165, 1.54) is 69.3 Å². The number of fused-ring (bicyclic) bond motifs is 12. The number of anilines is 1. The highest BCUT2D eigenvalue weighted by Gasteiger charge is 2.29. The van der Waals surface area contributed by atoms with Crippen molar-refractivity contribution in [2.45, 2.75) is 6.04 Å². The van der Waals surface area contributed by atoms with Crippen LogP contribution in [0.25, 0.3) is 69.3 Å². The maximum Gasteiger partial charge on any atom is 0.162 e. The number of nitrogens with one attached hydrogen (secondary N) is 1. The molecule has 0 amide bonds. The van der Waals surface area contributed by atoms with E-state index in [1.54, 1.807) is 0 Å². The Morgan fingerprint density at radius 3 is 2.52 bits per heavy atom. The van der Waals surface area contributed by atoms with E-state index >= 15 is 0 Å². The monoisotopic (exact) mass is 527 g/mol. The molecule has 5 aromatic carbocycles. The number of aromatic nitrogens is 1. The van der Waals surface area contributed by atoms with Gasteiger partial charge in [-0.2, -0.15) is 0 Å². The lowest BCUT2D eigenvalue weighted by Crippen LogP contribution is -2.29. The first-order valence-electron chi connectivity index (χ1n) is 13.7. The number of aliphatic imine (C=N–C) groups is 1. The maximum absolute atomic E-state index is 5.23. The minimum Gasteiger partial charge on any atom is -0.370 e. The van der Waals surface area contributed by atoms with E-state index in [2.05, 4.69) is 125 Å². The maximum atomic E-state index is 5.23. The predicted octanol–water partition coefficient (Wildman–Crippen LogP) is 9.86. The van der Waals surface area contributed by atoms with Gasteiger partial charge in [-0.05, 0) is 40.1 Å². The average Bonchev–Trinajstić information content (AvgIpc) is 3.66. The van der Waals surface area contributed by atoms with Gasteiger partial charge in [-0.15, -0.1) is 11.3 Å². The molecule has 1 aliphatic heterocycles. The minimum absolute atomic E-state index is 0.117. The molecular formula is C36H21N3S. The molecule has 3 aromatic heterocycles. The van der Waals surface area contributed by atoms with Gasteiger partial charge in [0.2, 0.25) is 0 Å². The van der Waals surface area contributed by atoms with Crippen molar-refractivity contribution >= 4 is 86.7 Å². The van der Waals surface area contributed by atoms with Crippen LogP contribution < -0.4 is 5.32 Å². The topological polar surface area (TPSA) is 28.8 Å². The van der Waals surface area contributed by atoms with Gasteiger partial charge in [0.05, 0.1) is 33.2 Å². The summed E-state index contributed by atoms with van der Waals surface area (Å²) in [5.74, 6) is 1.01. The van der Waals surface area contributed by atoms with Gasteiger partial charge in [0.15, 0.2) is 5.82 Å². The molecule has 0 fully saturated rings. The van der Waals surface area contributed by atoms with Crippen LogP contribution in [0.2, 0.25) is 0 Å². The highest BCUT2D eigenvalue weighted by Crippen LogP contribution is 2.49. The van der Waals surface area contributed by atoms with Crippen LogP contribution in [0.1, 0.15) is 0 Å². The van der Waals surface area contributed by atoms with Crippen LogP contribution in [0.15, 0.2) is 120 Å². The van der Waals surface area contributed by atoms with E-state index in [-0.39, 0.29) is 6.04 Å². The molecule has 10 rings (SSSR count). The molecule has 0 saturated heterocycles. The number of thiophene rings is 1. The number of allylic oxidation sites excluding steroid dienone is 2. The Bertz CT molecular complexity index is 2460. The van der Waals surface area contributed by atoms with E-state index in [0.717, 1.165) is 17.2 Å². The second-order valence-electron chi connectivity index (χ2n) is 10.8. The summed E-state index contributed by atoms with van der Waals surface area (Å²) in [4.78, 5) is 5.23. The summed E-state index contributed by atoms with van der Waals surface area (Å²) >= 11 is 1.89. The lowest BCUT2D eigenvalue weighted by Gasteiger charge is -2.23. The Hall–Kier alpha value is -4.93. The standard InChI is InChI=1S/C36H21N3S/c1-2-9-22-20(7-1)8-5-10-23(22)21-15-18-31-28(19-21)26-17-16-25-24-11-6-12-27-32-36(38-30-14-4-3-13-29(30)37-32)39(33(24)27)34(25)35(26)40-31/h1-19,29,37H. The Kier molecular flexibility index (Phi) is 3.87. The first-order chi connectivity index (χ1) is 19.8. The summed E-state index contributed by atoms with van der Waals surface area (Å²) in [7, 11) is 0. The molecule has 1 unspecified atom stereocenters. The van der Waals surface area contributed by atoms with E-state index in [1.807, 2.05) is 11.3 Å². The quantitative estimate of drug-likeness (QED) is 0.226. The molecular weight excluding hydrogens is 506 g/mol. The fourth-order valence-electron chi connectivity index (χ4n) is 6.96. The Labute approximate surface area is 233 Å². The third-order valence-electron chi connectivity index (χ3n) is 8.73. The van der Waals surface area contributed by atoms with Gasteiger partial charge in [-0.1, -0.05) is 97.1 Å². The molecule has 0 saturated carbocycles. The molecule has 1 atom stereocenters. The van der Waals surface area contributed by atoms with Crippen LogP contribution in [0, 0.1) is 0 Å². The molecule has 0 radical (unpaired) electrons. The van der Waals surface area contributed by atoms with Crippen LogP contribution in [-0.2, 0) is 0 Å². The van der Waals surface area contributed by atoms with Gasteiger partial charge in [0.25, 0.3) is 0 Å². The van der Waals surface area contributed by atoms with Crippen LogP contribution >= 0.6 is 11.3 Å². The number of benzene rings is 5. The molecule has 1 N–H and O–H groups in total.